The monoisotopic (exact) mass is 695 g/mol. The van der Waals surface area contributed by atoms with Crippen LogP contribution in [0.3, 0.4) is 0 Å². The van der Waals surface area contributed by atoms with E-state index in [1.54, 1.807) is 0 Å². The van der Waals surface area contributed by atoms with Crippen molar-refractivity contribution in [1.82, 2.24) is 19.5 Å². The molecule has 2 aromatic heterocycles. The average molecular weight is 695 g/mol. The number of phosphoric acid groups is 1. The van der Waals surface area contributed by atoms with E-state index in [9.17, 15) is 44.3 Å². The first-order chi connectivity index (χ1) is 20.4. The summed E-state index contributed by atoms with van der Waals surface area (Å²) in [6, 6.07) is 0. The van der Waals surface area contributed by atoms with Gasteiger partial charge in [0, 0.05) is 0 Å². The van der Waals surface area contributed by atoms with Gasteiger partial charge in [0.2, 0.25) is 0 Å². The Morgan fingerprint density at radius 2 is 1.86 bits per heavy atom. The molecule has 10 N–H and O–H groups in total. The van der Waals surface area contributed by atoms with Crippen LogP contribution in [-0.2, 0) is 39.2 Å². The van der Waals surface area contributed by atoms with Gasteiger partial charge in [-0.05, 0) is 30.6 Å². The number of aliphatic hydroxyl groups is 6. The van der Waals surface area contributed by atoms with Crippen molar-refractivity contribution in [1.29, 1.82) is 0 Å². The van der Waals surface area contributed by atoms with Crippen LogP contribution in [-0.4, -0.2) is 128 Å². The molecule has 2 saturated heterocycles. The molecule has 5 rings (SSSR count). The highest BCUT2D eigenvalue weighted by Gasteiger charge is 2.70. The van der Waals surface area contributed by atoms with Gasteiger partial charge in [0.05, 0.1) is 12.9 Å². The molecule has 7 unspecified atom stereocenters. The van der Waals surface area contributed by atoms with Crippen LogP contribution in [0.15, 0.2) is 12.7 Å². The molecule has 44 heavy (non-hydrogen) atoms. The maximum atomic E-state index is 16.2. The summed E-state index contributed by atoms with van der Waals surface area (Å²) in [7, 11) is -5.65. The average Bonchev–Trinajstić information content (AvgIpc) is 3.69. The van der Waals surface area contributed by atoms with Crippen molar-refractivity contribution in [2.24, 2.45) is 5.92 Å². The summed E-state index contributed by atoms with van der Waals surface area (Å²) >= 11 is 4.66. The Labute approximate surface area is 250 Å². The number of halogens is 2. The fraction of sp³-hybridized carbons (Fsp3) is 0.750. The summed E-state index contributed by atoms with van der Waals surface area (Å²) in [5, 5.41) is 61.3. The first-order valence-corrected chi connectivity index (χ1v) is 16.9. The molecule has 24 heteroatoms. The number of aromatic nitrogens is 4. The second-order valence-electron chi connectivity index (χ2n) is 10.4. The first-order valence-electron chi connectivity index (χ1n) is 12.8. The van der Waals surface area contributed by atoms with Gasteiger partial charge in [-0.3, -0.25) is 9.09 Å². The van der Waals surface area contributed by atoms with Crippen molar-refractivity contribution in [3.05, 3.63) is 12.7 Å². The number of nitrogen functional groups attached to an aromatic ring is 1. The maximum Gasteiger partial charge on any atom is 0.481 e. The van der Waals surface area contributed by atoms with Gasteiger partial charge >= 0.3 is 14.5 Å². The van der Waals surface area contributed by atoms with Gasteiger partial charge in [-0.1, -0.05) is 0 Å². The van der Waals surface area contributed by atoms with Gasteiger partial charge in [0.15, 0.2) is 30.2 Å². The Morgan fingerprint density at radius 3 is 2.50 bits per heavy atom. The molecule has 4 heterocycles. The largest absolute Gasteiger partial charge is 0.481 e. The summed E-state index contributed by atoms with van der Waals surface area (Å²) in [5.41, 5.74) is 3.62. The van der Waals surface area contributed by atoms with Gasteiger partial charge in [-0.15, -0.1) is 0 Å². The highest BCUT2D eigenvalue weighted by atomic mass is 32.5. The number of alkyl halides is 2. The fourth-order valence-corrected chi connectivity index (χ4v) is 8.15. The molecular weight excluding hydrogens is 666 g/mol. The molecule has 0 bridgehead atoms. The summed E-state index contributed by atoms with van der Waals surface area (Å²) in [6.45, 7) is -7.67. The number of fused-ring (bicyclic) bond motifs is 1. The molecule has 2 aliphatic heterocycles. The van der Waals surface area contributed by atoms with Crippen molar-refractivity contribution < 1.29 is 76.6 Å². The lowest BCUT2D eigenvalue weighted by atomic mass is 9.88. The minimum Gasteiger partial charge on any atom is -0.393 e. The normalized spacial score (nSPS) is 39.6. The summed E-state index contributed by atoms with van der Waals surface area (Å²) in [5.74, 6) is -4.01. The van der Waals surface area contributed by atoms with Crippen LogP contribution in [0.25, 0.3) is 11.2 Å². The predicted octanol–water partition coefficient (Wildman–Crippen LogP) is -2.39. The number of ether oxygens (including phenoxy) is 2. The van der Waals surface area contributed by atoms with Gasteiger partial charge in [0.1, 0.15) is 54.6 Å². The molecule has 12 atom stereocenters. The van der Waals surface area contributed by atoms with E-state index >= 15 is 4.39 Å². The molecule has 1 aliphatic carbocycles. The molecule has 1 saturated carbocycles. The van der Waals surface area contributed by atoms with Crippen molar-refractivity contribution >= 4 is 43.3 Å². The quantitative estimate of drug-likeness (QED) is 0.111. The Hall–Kier alpha value is -1.43. The van der Waals surface area contributed by atoms with Crippen molar-refractivity contribution in [3.8, 4) is 0 Å². The smallest absolute Gasteiger partial charge is 0.393 e. The summed E-state index contributed by atoms with van der Waals surface area (Å²) < 4.78 is 67.9. The van der Waals surface area contributed by atoms with Crippen LogP contribution in [0.2, 0.25) is 0 Å². The van der Waals surface area contributed by atoms with Crippen LogP contribution in [0.4, 0.5) is 14.6 Å². The molecule has 0 radical (unpaired) electrons. The molecular formula is C20H29F2N5O14P2S. The number of rotatable bonds is 11. The van der Waals surface area contributed by atoms with E-state index in [1.165, 1.54) is 0 Å². The molecule has 3 aliphatic rings. The lowest BCUT2D eigenvalue weighted by Crippen LogP contribution is -2.60. The second kappa shape index (κ2) is 12.0. The Kier molecular flexibility index (Phi) is 9.24. The van der Waals surface area contributed by atoms with Crippen molar-refractivity contribution in [2.45, 2.75) is 73.5 Å². The number of nitrogens with two attached hydrogens (primary N) is 1. The van der Waals surface area contributed by atoms with Gasteiger partial charge in [-0.2, -0.15) is 0 Å². The van der Waals surface area contributed by atoms with Crippen LogP contribution in [0.1, 0.15) is 19.1 Å². The minimum atomic E-state index is -5.65. The zero-order valence-corrected chi connectivity index (χ0v) is 24.7. The zero-order chi connectivity index (χ0) is 32.4. The SMILES string of the molecule is Nc1ncnc2c1ncn2[C@@H]1O[C@](F)(COP(O)(=S)OP(=O)(O)OC2OC([C@@H](F)CO)C(O)C(O)C2O)[C@@H](O)[C@]1(O)C1CC1. The minimum absolute atomic E-state index is 0.0259. The molecule has 2 aromatic rings. The van der Waals surface area contributed by atoms with E-state index in [-0.39, 0.29) is 17.0 Å². The van der Waals surface area contributed by atoms with Crippen LogP contribution >= 0.6 is 14.5 Å². The third-order valence-electron chi connectivity index (χ3n) is 7.43. The summed E-state index contributed by atoms with van der Waals surface area (Å²) in [4.78, 5) is 32.4. The van der Waals surface area contributed by atoms with Crippen LogP contribution < -0.4 is 5.73 Å². The van der Waals surface area contributed by atoms with Crippen molar-refractivity contribution in [2.75, 3.05) is 18.9 Å². The molecule has 0 amide bonds. The third kappa shape index (κ3) is 6.16. The number of aliphatic hydroxyl groups excluding tert-OH is 5. The summed E-state index contributed by atoms with van der Waals surface area (Å²) in [6.07, 6.45) is -14.3. The van der Waals surface area contributed by atoms with Gasteiger partial charge in [0.25, 0.3) is 5.85 Å². The molecule has 248 valence electrons. The number of phosphoric ester groups is 1. The number of imidazole rings is 1. The Bertz CT molecular complexity index is 1480. The number of nitrogens with zero attached hydrogens (tertiary/aromatic N) is 4. The zero-order valence-electron chi connectivity index (χ0n) is 22.1. The lowest BCUT2D eigenvalue weighted by molar-refractivity contribution is -0.287. The molecule has 3 fully saturated rings. The van der Waals surface area contributed by atoms with Gasteiger partial charge in [-0.25, -0.2) is 32.6 Å². The lowest BCUT2D eigenvalue weighted by Gasteiger charge is -2.41. The van der Waals surface area contributed by atoms with E-state index in [1.807, 2.05) is 0 Å². The van der Waals surface area contributed by atoms with E-state index in [0.717, 1.165) is 17.2 Å². The van der Waals surface area contributed by atoms with E-state index in [4.69, 9.17) is 24.8 Å². The highest BCUT2D eigenvalue weighted by molar-refractivity contribution is 8.08. The Balaban J connectivity index is 1.30. The third-order valence-corrected chi connectivity index (χ3v) is 10.9. The Morgan fingerprint density at radius 1 is 1.18 bits per heavy atom. The first kappa shape index (κ1) is 33.9. The molecule has 0 spiro atoms. The number of anilines is 1. The van der Waals surface area contributed by atoms with Crippen molar-refractivity contribution in [3.63, 3.8) is 0 Å². The molecule has 19 nitrogen and oxygen atoms in total. The predicted molar refractivity (Wildman–Crippen MR) is 140 cm³/mol. The van der Waals surface area contributed by atoms with Gasteiger partial charge < -0.3 is 60.2 Å². The van der Waals surface area contributed by atoms with E-state index in [2.05, 4.69) is 35.6 Å². The highest BCUT2D eigenvalue weighted by Crippen LogP contribution is 2.63. The fourth-order valence-electron chi connectivity index (χ4n) is 5.07. The maximum absolute atomic E-state index is 16.2. The number of hydrogen-bond acceptors (Lipinski definition) is 17. The standard InChI is InChI=1S/C20H29F2N5O14P2S/c21-8(3-28)13-11(30)10(29)12(31)16(38-13)40-42(34,35)41-43(36,44)37-4-19(22)17(32)20(33,7-1-2-7)18(39-19)27-6-26-9-14(23)24-5-25-15(9)27/h5-8,10-13,16-18,28-33H,1-4H2,(H,34,35)(H,36,44)(H2,23,24,25)/t8-,10?,11?,12?,13?,16?,17+,18+,19+,20+,43?/m0/s1. The molecule has 0 aromatic carbocycles. The van der Waals surface area contributed by atoms with E-state index < -0.39 is 94.3 Å². The van der Waals surface area contributed by atoms with E-state index in [0.29, 0.717) is 12.8 Å². The topological polar surface area (TPSA) is 295 Å². The van der Waals surface area contributed by atoms with Crippen LogP contribution in [0.5, 0.6) is 0 Å². The van der Waals surface area contributed by atoms with Crippen LogP contribution in [0, 0.1) is 5.92 Å². The second-order valence-corrected chi connectivity index (χ2v) is 14.8. The number of hydrogen-bond donors (Lipinski definition) is 9.